The minimum atomic E-state index is -0.167. The molecule has 1 amide bonds. The molecule has 2 rings (SSSR count). The first kappa shape index (κ1) is 18.7. The summed E-state index contributed by atoms with van der Waals surface area (Å²) in [7, 11) is 0. The molecule has 0 bridgehead atoms. The Morgan fingerprint density at radius 1 is 1.33 bits per heavy atom. The number of amides is 1. The van der Waals surface area contributed by atoms with Gasteiger partial charge in [0, 0.05) is 35.8 Å². The first-order chi connectivity index (χ1) is 11.5. The molecule has 24 heavy (non-hydrogen) atoms. The van der Waals surface area contributed by atoms with E-state index >= 15 is 0 Å². The summed E-state index contributed by atoms with van der Waals surface area (Å²) >= 11 is 7.57. The molecule has 7 heteroatoms. The van der Waals surface area contributed by atoms with Crippen LogP contribution in [0.15, 0.2) is 17.5 Å². The number of carbonyl (C=O) groups excluding carboxylic acids is 1. The summed E-state index contributed by atoms with van der Waals surface area (Å²) in [6.07, 6.45) is 0.790. The number of nitrogens with zero attached hydrogens (tertiary/aromatic N) is 1. The summed E-state index contributed by atoms with van der Waals surface area (Å²) < 4.78 is 5.23. The molecule has 0 aliphatic heterocycles. The van der Waals surface area contributed by atoms with Gasteiger partial charge >= 0.3 is 0 Å². The van der Waals surface area contributed by atoms with E-state index in [2.05, 4.69) is 15.6 Å². The molecule has 5 nitrogen and oxygen atoms in total. The number of nitrogens with one attached hydrogen (secondary N) is 2. The Kier molecular flexibility index (Phi) is 7.02. The lowest BCUT2D eigenvalue weighted by molar-refractivity contribution is 0.0940. The monoisotopic (exact) mass is 367 g/mol. The van der Waals surface area contributed by atoms with Gasteiger partial charge in [-0.2, -0.15) is 0 Å². The Hall–Kier alpha value is -1.63. The normalized spacial score (nSPS) is 10.7. The third kappa shape index (κ3) is 5.19. The summed E-state index contributed by atoms with van der Waals surface area (Å²) in [6.45, 7) is 7.79. The molecule has 0 saturated heterocycles. The first-order valence-corrected chi connectivity index (χ1v) is 9.12. The van der Waals surface area contributed by atoms with Crippen molar-refractivity contribution in [3.05, 3.63) is 39.4 Å². The summed E-state index contributed by atoms with van der Waals surface area (Å²) in [4.78, 5) is 16.4. The molecule has 0 unspecified atom stereocenters. The maximum absolute atomic E-state index is 12.0. The van der Waals surface area contributed by atoms with Gasteiger partial charge in [-0.1, -0.05) is 11.6 Å². The number of halogens is 1. The molecule has 0 saturated carbocycles. The molecule has 0 aliphatic carbocycles. The Balaban J connectivity index is 1.92. The summed E-state index contributed by atoms with van der Waals surface area (Å²) in [5.41, 5.74) is 3.33. The summed E-state index contributed by atoms with van der Waals surface area (Å²) in [5, 5.41) is 9.25. The topological polar surface area (TPSA) is 63.2 Å². The number of ether oxygens (including phenoxy) is 1. The van der Waals surface area contributed by atoms with Crippen molar-refractivity contribution in [1.82, 2.24) is 10.3 Å². The van der Waals surface area contributed by atoms with Gasteiger partial charge in [-0.15, -0.1) is 11.3 Å². The summed E-state index contributed by atoms with van der Waals surface area (Å²) in [6, 6.07) is 3.93. The highest BCUT2D eigenvalue weighted by Gasteiger charge is 2.11. The lowest BCUT2D eigenvalue weighted by atomic mass is 10.1. The number of hydrogen-bond donors (Lipinski definition) is 2. The minimum Gasteiger partial charge on any atom is -0.382 e. The van der Waals surface area contributed by atoms with Crippen LogP contribution in [0.4, 0.5) is 10.8 Å². The zero-order valence-electron chi connectivity index (χ0n) is 14.1. The van der Waals surface area contributed by atoms with Crippen LogP contribution in [0.2, 0.25) is 5.02 Å². The Labute approximate surface area is 151 Å². The van der Waals surface area contributed by atoms with Gasteiger partial charge in [-0.3, -0.25) is 4.79 Å². The van der Waals surface area contributed by atoms with E-state index in [-0.39, 0.29) is 5.91 Å². The van der Waals surface area contributed by atoms with Crippen LogP contribution in [0.3, 0.4) is 0 Å². The molecule has 1 heterocycles. The lowest BCUT2D eigenvalue weighted by Gasteiger charge is -2.08. The second kappa shape index (κ2) is 9.01. The van der Waals surface area contributed by atoms with E-state index in [1.54, 1.807) is 5.38 Å². The van der Waals surface area contributed by atoms with Crippen LogP contribution < -0.4 is 10.6 Å². The van der Waals surface area contributed by atoms with Crippen molar-refractivity contribution >= 4 is 39.7 Å². The maximum Gasteiger partial charge on any atom is 0.270 e. The number of aryl methyl sites for hydroxylation is 2. The predicted molar refractivity (Wildman–Crippen MR) is 99.8 cm³/mol. The number of anilines is 2. The van der Waals surface area contributed by atoms with E-state index < -0.39 is 0 Å². The van der Waals surface area contributed by atoms with Crippen molar-refractivity contribution in [2.45, 2.75) is 27.2 Å². The molecule has 1 aromatic heterocycles. The van der Waals surface area contributed by atoms with Crippen LogP contribution in [0.25, 0.3) is 0 Å². The van der Waals surface area contributed by atoms with Crippen molar-refractivity contribution in [1.29, 1.82) is 0 Å². The van der Waals surface area contributed by atoms with Gasteiger partial charge in [0.25, 0.3) is 5.91 Å². The quantitative estimate of drug-likeness (QED) is 0.682. The highest BCUT2D eigenvalue weighted by molar-refractivity contribution is 7.14. The zero-order valence-corrected chi connectivity index (χ0v) is 15.7. The van der Waals surface area contributed by atoms with E-state index in [4.69, 9.17) is 16.3 Å². The van der Waals surface area contributed by atoms with E-state index in [1.165, 1.54) is 11.3 Å². The largest absolute Gasteiger partial charge is 0.382 e. The molecule has 0 radical (unpaired) electrons. The van der Waals surface area contributed by atoms with Gasteiger partial charge in [0.1, 0.15) is 5.69 Å². The highest BCUT2D eigenvalue weighted by Crippen LogP contribution is 2.27. The second-order valence-corrected chi connectivity index (χ2v) is 6.63. The highest BCUT2D eigenvalue weighted by atomic mass is 35.5. The van der Waals surface area contributed by atoms with Crippen LogP contribution >= 0.6 is 22.9 Å². The number of thiazole rings is 1. The smallest absolute Gasteiger partial charge is 0.270 e. The first-order valence-electron chi connectivity index (χ1n) is 7.86. The van der Waals surface area contributed by atoms with Gasteiger partial charge < -0.3 is 15.4 Å². The molecule has 2 N–H and O–H groups in total. The molecule has 0 fully saturated rings. The fourth-order valence-corrected chi connectivity index (χ4v) is 3.01. The predicted octanol–water partition coefficient (Wildman–Crippen LogP) is 4.31. The number of benzene rings is 1. The van der Waals surface area contributed by atoms with Gasteiger partial charge in [0.15, 0.2) is 5.13 Å². The van der Waals surface area contributed by atoms with E-state index in [9.17, 15) is 4.79 Å². The SMILES string of the molecule is CCOCCCNC(=O)c1csc(Nc2cc(C)c(Cl)c(C)c2)n1. The Morgan fingerprint density at radius 3 is 2.71 bits per heavy atom. The van der Waals surface area contributed by atoms with Crippen LogP contribution in [0.5, 0.6) is 0 Å². The van der Waals surface area contributed by atoms with Crippen LogP contribution in [-0.4, -0.2) is 30.6 Å². The van der Waals surface area contributed by atoms with Crippen molar-refractivity contribution in [2.24, 2.45) is 0 Å². The standard InChI is InChI=1S/C17H22ClN3O2S/c1-4-23-7-5-6-19-16(22)14-10-24-17(21-14)20-13-8-11(2)15(18)12(3)9-13/h8-10H,4-7H2,1-3H3,(H,19,22)(H,20,21). The van der Waals surface area contributed by atoms with Gasteiger partial charge in [0.2, 0.25) is 0 Å². The van der Waals surface area contributed by atoms with Gasteiger partial charge in [-0.25, -0.2) is 4.98 Å². The van der Waals surface area contributed by atoms with Crippen LogP contribution in [-0.2, 0) is 4.74 Å². The van der Waals surface area contributed by atoms with Gasteiger partial charge in [0.05, 0.1) is 0 Å². The lowest BCUT2D eigenvalue weighted by Crippen LogP contribution is -2.25. The molecule has 130 valence electrons. The Bertz CT molecular complexity index is 680. The van der Waals surface area contributed by atoms with Crippen molar-refractivity contribution < 1.29 is 9.53 Å². The minimum absolute atomic E-state index is 0.167. The van der Waals surface area contributed by atoms with E-state index in [0.29, 0.717) is 30.6 Å². The van der Waals surface area contributed by atoms with Crippen molar-refractivity contribution in [2.75, 3.05) is 25.1 Å². The molecule has 1 aromatic carbocycles. The fourth-order valence-electron chi connectivity index (χ4n) is 2.19. The van der Waals surface area contributed by atoms with Crippen LogP contribution in [0, 0.1) is 13.8 Å². The summed E-state index contributed by atoms with van der Waals surface area (Å²) in [5.74, 6) is -0.167. The number of aromatic nitrogens is 1. The fraction of sp³-hybridized carbons (Fsp3) is 0.412. The third-order valence-corrected chi connectivity index (χ3v) is 4.73. The molecule has 0 spiro atoms. The molecular formula is C17H22ClN3O2S. The number of hydrogen-bond acceptors (Lipinski definition) is 5. The maximum atomic E-state index is 12.0. The molecule has 2 aromatic rings. The van der Waals surface area contributed by atoms with Crippen molar-refractivity contribution in [3.8, 4) is 0 Å². The molecular weight excluding hydrogens is 346 g/mol. The van der Waals surface area contributed by atoms with Crippen molar-refractivity contribution in [3.63, 3.8) is 0 Å². The average molecular weight is 368 g/mol. The van der Waals surface area contributed by atoms with Crippen LogP contribution in [0.1, 0.15) is 35.0 Å². The molecule has 0 atom stereocenters. The third-order valence-electron chi connectivity index (χ3n) is 3.38. The number of rotatable bonds is 8. The zero-order chi connectivity index (χ0) is 17.5. The average Bonchev–Trinajstić information content (AvgIpc) is 3.00. The van der Waals surface area contributed by atoms with E-state index in [0.717, 1.165) is 28.3 Å². The molecule has 0 aliphatic rings. The number of carbonyl (C=O) groups is 1. The Morgan fingerprint density at radius 2 is 2.04 bits per heavy atom. The van der Waals surface area contributed by atoms with E-state index in [1.807, 2.05) is 32.9 Å². The second-order valence-electron chi connectivity index (χ2n) is 5.39. The van der Waals surface area contributed by atoms with Gasteiger partial charge in [-0.05, 0) is 50.5 Å².